The normalized spacial score (nSPS) is 10.4. The minimum Gasteiger partial charge on any atom is -0.496 e. The molecule has 5 heteroatoms. The summed E-state index contributed by atoms with van der Waals surface area (Å²) in [5.41, 5.74) is 2.74. The molecule has 0 aliphatic heterocycles. The van der Waals surface area contributed by atoms with Gasteiger partial charge in [-0.2, -0.15) is 0 Å². The van der Waals surface area contributed by atoms with Crippen molar-refractivity contribution in [2.45, 2.75) is 26.7 Å². The second-order valence-electron chi connectivity index (χ2n) is 5.79. The first-order chi connectivity index (χ1) is 11.4. The molecule has 0 saturated carbocycles. The highest BCUT2D eigenvalue weighted by atomic mass is 16.5. The number of rotatable bonds is 5. The molecule has 0 spiro atoms. The Kier molecular flexibility index (Phi) is 5.58. The molecule has 2 aromatic carbocycles. The maximum absolute atomic E-state index is 12.7. The van der Waals surface area contributed by atoms with Crippen molar-refractivity contribution in [1.29, 1.82) is 0 Å². The Hall–Kier alpha value is -2.82. The predicted octanol–water partition coefficient (Wildman–Crippen LogP) is 4.03. The molecule has 0 aromatic heterocycles. The molecule has 2 rings (SSSR count). The minimum absolute atomic E-state index is 0.198. The molecule has 0 fully saturated rings. The molecule has 5 nitrogen and oxygen atoms in total. The van der Waals surface area contributed by atoms with Crippen molar-refractivity contribution < 1.29 is 14.3 Å². The third-order valence-electron chi connectivity index (χ3n) is 3.60. The predicted molar refractivity (Wildman–Crippen MR) is 95.8 cm³/mol. The van der Waals surface area contributed by atoms with Crippen LogP contribution in [0.15, 0.2) is 42.5 Å². The summed E-state index contributed by atoms with van der Waals surface area (Å²) >= 11 is 0. The second-order valence-corrected chi connectivity index (χ2v) is 5.79. The summed E-state index contributed by atoms with van der Waals surface area (Å²) in [5.74, 6) is 0.251. The molecule has 2 aromatic rings. The zero-order valence-corrected chi connectivity index (χ0v) is 14.3. The van der Waals surface area contributed by atoms with Crippen LogP contribution in [-0.4, -0.2) is 18.9 Å². The van der Waals surface area contributed by atoms with Crippen molar-refractivity contribution in [3.05, 3.63) is 53.6 Å². The zero-order valence-electron chi connectivity index (χ0n) is 14.3. The molecule has 0 bridgehead atoms. The van der Waals surface area contributed by atoms with Crippen LogP contribution in [0.1, 0.15) is 42.6 Å². The van der Waals surface area contributed by atoms with Gasteiger partial charge in [0.1, 0.15) is 5.75 Å². The summed E-state index contributed by atoms with van der Waals surface area (Å²) in [6, 6.07) is 12.7. The number of carbonyl (C=O) groups is 2. The van der Waals surface area contributed by atoms with Crippen LogP contribution in [-0.2, 0) is 4.79 Å². The fourth-order valence-electron chi connectivity index (χ4n) is 2.47. The van der Waals surface area contributed by atoms with Crippen LogP contribution < -0.4 is 15.4 Å². The van der Waals surface area contributed by atoms with E-state index in [1.807, 2.05) is 24.3 Å². The van der Waals surface area contributed by atoms with Crippen LogP contribution in [0.25, 0.3) is 0 Å². The third-order valence-corrected chi connectivity index (χ3v) is 3.60. The number of para-hydroxylation sites is 1. The van der Waals surface area contributed by atoms with E-state index in [1.165, 1.54) is 14.0 Å². The van der Waals surface area contributed by atoms with Gasteiger partial charge in [0.15, 0.2) is 0 Å². The number of nitrogens with one attached hydrogen (secondary N) is 2. The minimum atomic E-state index is -0.285. The number of anilines is 2. The summed E-state index contributed by atoms with van der Waals surface area (Å²) in [7, 11) is 1.51. The van der Waals surface area contributed by atoms with Crippen LogP contribution in [0.3, 0.4) is 0 Å². The van der Waals surface area contributed by atoms with Crippen molar-refractivity contribution in [2.24, 2.45) is 0 Å². The van der Waals surface area contributed by atoms with E-state index >= 15 is 0 Å². The first-order valence-electron chi connectivity index (χ1n) is 7.78. The number of carbonyl (C=O) groups excluding carboxylic acids is 2. The highest BCUT2D eigenvalue weighted by molar-refractivity contribution is 6.07. The van der Waals surface area contributed by atoms with Gasteiger partial charge < -0.3 is 15.4 Å². The summed E-state index contributed by atoms with van der Waals surface area (Å²) in [4.78, 5) is 23.9. The molecule has 0 aliphatic rings. The molecule has 0 heterocycles. The van der Waals surface area contributed by atoms with Crippen molar-refractivity contribution in [1.82, 2.24) is 0 Å². The van der Waals surface area contributed by atoms with Gasteiger partial charge in [-0.15, -0.1) is 0 Å². The Bertz CT molecular complexity index is 754. The average Bonchev–Trinajstić information content (AvgIpc) is 2.54. The Balaban J connectivity index is 2.34. The topological polar surface area (TPSA) is 67.4 Å². The summed E-state index contributed by atoms with van der Waals surface area (Å²) in [6.07, 6.45) is 0. The SMILES string of the molecule is COc1ccc(NC(C)=O)cc1C(=O)Nc1ccccc1C(C)C. The Labute approximate surface area is 142 Å². The smallest absolute Gasteiger partial charge is 0.259 e. The average molecular weight is 326 g/mol. The highest BCUT2D eigenvalue weighted by Gasteiger charge is 2.16. The molecule has 2 amide bonds. The molecular formula is C19H22N2O3. The fourth-order valence-corrected chi connectivity index (χ4v) is 2.47. The Morgan fingerprint density at radius 1 is 1.04 bits per heavy atom. The largest absolute Gasteiger partial charge is 0.496 e. The molecule has 2 N–H and O–H groups in total. The molecule has 0 unspecified atom stereocenters. The number of hydrogen-bond acceptors (Lipinski definition) is 3. The molecule has 0 saturated heterocycles. The lowest BCUT2D eigenvalue weighted by Crippen LogP contribution is -2.15. The molecular weight excluding hydrogens is 304 g/mol. The van der Waals surface area contributed by atoms with Crippen LogP contribution >= 0.6 is 0 Å². The maximum Gasteiger partial charge on any atom is 0.259 e. The van der Waals surface area contributed by atoms with Gasteiger partial charge in [0.05, 0.1) is 12.7 Å². The highest BCUT2D eigenvalue weighted by Crippen LogP contribution is 2.27. The van der Waals surface area contributed by atoms with Crippen molar-refractivity contribution in [2.75, 3.05) is 17.7 Å². The summed E-state index contributed by atoms with van der Waals surface area (Å²) in [5, 5.41) is 5.60. The van der Waals surface area contributed by atoms with Crippen molar-refractivity contribution >= 4 is 23.2 Å². The molecule has 126 valence electrons. The van der Waals surface area contributed by atoms with E-state index in [1.54, 1.807) is 18.2 Å². The number of methoxy groups -OCH3 is 1. The van der Waals surface area contributed by atoms with Gasteiger partial charge in [0.2, 0.25) is 5.91 Å². The first-order valence-corrected chi connectivity index (χ1v) is 7.78. The lowest BCUT2D eigenvalue weighted by molar-refractivity contribution is -0.114. The molecule has 24 heavy (non-hydrogen) atoms. The Morgan fingerprint density at radius 2 is 1.75 bits per heavy atom. The molecule has 0 radical (unpaired) electrons. The molecule has 0 atom stereocenters. The Morgan fingerprint density at radius 3 is 2.38 bits per heavy atom. The number of ether oxygens (including phenoxy) is 1. The van der Waals surface area contributed by atoms with Crippen LogP contribution in [0.2, 0.25) is 0 Å². The van der Waals surface area contributed by atoms with Gasteiger partial charge in [-0.25, -0.2) is 0 Å². The third kappa shape index (κ3) is 4.13. The van der Waals surface area contributed by atoms with E-state index in [9.17, 15) is 9.59 Å². The van der Waals surface area contributed by atoms with Gasteiger partial charge in [0, 0.05) is 18.3 Å². The molecule has 0 aliphatic carbocycles. The maximum atomic E-state index is 12.7. The van der Waals surface area contributed by atoms with E-state index in [-0.39, 0.29) is 17.7 Å². The van der Waals surface area contributed by atoms with Gasteiger partial charge in [-0.05, 0) is 35.7 Å². The quantitative estimate of drug-likeness (QED) is 0.871. The lowest BCUT2D eigenvalue weighted by atomic mass is 10.0. The van der Waals surface area contributed by atoms with Gasteiger partial charge >= 0.3 is 0 Å². The van der Waals surface area contributed by atoms with Crippen LogP contribution in [0, 0.1) is 0 Å². The monoisotopic (exact) mass is 326 g/mol. The second kappa shape index (κ2) is 7.64. The van der Waals surface area contributed by atoms with Gasteiger partial charge in [0.25, 0.3) is 5.91 Å². The summed E-state index contributed by atoms with van der Waals surface area (Å²) in [6.45, 7) is 5.56. The van der Waals surface area contributed by atoms with Crippen LogP contribution in [0.5, 0.6) is 5.75 Å². The van der Waals surface area contributed by atoms with Gasteiger partial charge in [-0.1, -0.05) is 32.0 Å². The van der Waals surface area contributed by atoms with Crippen molar-refractivity contribution in [3.63, 3.8) is 0 Å². The van der Waals surface area contributed by atoms with Gasteiger partial charge in [-0.3, -0.25) is 9.59 Å². The van der Waals surface area contributed by atoms with E-state index in [0.29, 0.717) is 17.0 Å². The first kappa shape index (κ1) is 17.5. The van der Waals surface area contributed by atoms with E-state index in [2.05, 4.69) is 24.5 Å². The number of hydrogen-bond donors (Lipinski definition) is 2. The lowest BCUT2D eigenvalue weighted by Gasteiger charge is -2.15. The van der Waals surface area contributed by atoms with E-state index in [0.717, 1.165) is 11.3 Å². The van der Waals surface area contributed by atoms with Crippen molar-refractivity contribution in [3.8, 4) is 5.75 Å². The fraction of sp³-hybridized carbons (Fsp3) is 0.263. The summed E-state index contributed by atoms with van der Waals surface area (Å²) < 4.78 is 5.27. The van der Waals surface area contributed by atoms with Crippen LogP contribution in [0.4, 0.5) is 11.4 Å². The van der Waals surface area contributed by atoms with E-state index in [4.69, 9.17) is 4.74 Å². The number of amides is 2. The standard InChI is InChI=1S/C19H22N2O3/c1-12(2)15-7-5-6-8-17(15)21-19(23)16-11-14(20-13(3)22)9-10-18(16)24-4/h5-12H,1-4H3,(H,20,22)(H,21,23). The van der Waals surface area contributed by atoms with E-state index < -0.39 is 0 Å². The zero-order chi connectivity index (χ0) is 17.7. The number of benzene rings is 2.